The third kappa shape index (κ3) is 1.99. The second kappa shape index (κ2) is 3.88. The molecule has 0 bridgehead atoms. The van der Waals surface area contributed by atoms with E-state index in [4.69, 9.17) is 16.1 Å². The lowest BCUT2D eigenvalue weighted by molar-refractivity contribution is 0.0697. The zero-order valence-corrected chi connectivity index (χ0v) is 7.24. The Balaban J connectivity index is 3.47. The summed E-state index contributed by atoms with van der Waals surface area (Å²) in [6.07, 6.45) is -2.95. The molecule has 0 aliphatic heterocycles. The van der Waals surface area contributed by atoms with E-state index in [0.717, 1.165) is 0 Å². The summed E-state index contributed by atoms with van der Waals surface area (Å²) in [6.45, 7) is 0. The Labute approximate surface area is 82.8 Å². The number of alkyl halides is 2. The Morgan fingerprint density at radius 1 is 1.67 bits per heavy atom. The molecule has 0 saturated heterocycles. The average Bonchev–Trinajstić information content (AvgIpc) is 2.17. The first-order chi connectivity index (χ1) is 6.97. The van der Waals surface area contributed by atoms with Gasteiger partial charge in [0.1, 0.15) is 11.8 Å². The molecule has 3 N–H and O–H groups in total. The molecule has 0 fully saturated rings. The van der Waals surface area contributed by atoms with Crippen molar-refractivity contribution >= 4 is 11.7 Å². The SMILES string of the molecule is N#Cc1nc(C(F)F)cc(C(=O)O)c1N. The summed E-state index contributed by atoms with van der Waals surface area (Å²) >= 11 is 0. The van der Waals surface area contributed by atoms with Crippen molar-refractivity contribution in [2.75, 3.05) is 5.73 Å². The van der Waals surface area contributed by atoms with Gasteiger partial charge in [-0.15, -0.1) is 0 Å². The van der Waals surface area contributed by atoms with E-state index in [0.29, 0.717) is 6.07 Å². The number of aromatic carboxylic acids is 1. The minimum atomic E-state index is -2.95. The third-order valence-corrected chi connectivity index (χ3v) is 1.64. The number of nitrogens with zero attached hydrogens (tertiary/aromatic N) is 2. The lowest BCUT2D eigenvalue weighted by Gasteiger charge is -2.05. The van der Waals surface area contributed by atoms with E-state index in [-0.39, 0.29) is 0 Å². The highest BCUT2D eigenvalue weighted by Crippen LogP contribution is 2.23. The van der Waals surface area contributed by atoms with E-state index in [1.165, 1.54) is 6.07 Å². The van der Waals surface area contributed by atoms with Crippen LogP contribution in [0.1, 0.15) is 28.2 Å². The maximum atomic E-state index is 12.3. The standard InChI is InChI=1S/C8H5F2N3O2/c9-7(10)4-1-3(8(14)15)6(12)5(2-11)13-4/h1,7H,12H2,(H,14,15). The molecular weight excluding hydrogens is 208 g/mol. The fourth-order valence-corrected chi connectivity index (χ4v) is 0.949. The summed E-state index contributed by atoms with van der Waals surface area (Å²) < 4.78 is 24.5. The zero-order valence-electron chi connectivity index (χ0n) is 7.24. The zero-order chi connectivity index (χ0) is 11.6. The fourth-order valence-electron chi connectivity index (χ4n) is 0.949. The van der Waals surface area contributed by atoms with E-state index >= 15 is 0 Å². The first kappa shape index (κ1) is 10.8. The van der Waals surface area contributed by atoms with Gasteiger partial charge in [0.15, 0.2) is 5.69 Å². The number of carbonyl (C=O) groups is 1. The maximum Gasteiger partial charge on any atom is 0.337 e. The first-order valence-electron chi connectivity index (χ1n) is 3.69. The van der Waals surface area contributed by atoms with Gasteiger partial charge in [-0.25, -0.2) is 18.6 Å². The van der Waals surface area contributed by atoms with Crippen LogP contribution in [0.3, 0.4) is 0 Å². The lowest BCUT2D eigenvalue weighted by atomic mass is 10.1. The highest BCUT2D eigenvalue weighted by atomic mass is 19.3. The molecule has 0 saturated carbocycles. The molecule has 1 heterocycles. The molecule has 5 nitrogen and oxygen atoms in total. The number of nitriles is 1. The number of aromatic nitrogens is 1. The van der Waals surface area contributed by atoms with Gasteiger partial charge in [-0.1, -0.05) is 0 Å². The average molecular weight is 213 g/mol. The van der Waals surface area contributed by atoms with Gasteiger partial charge < -0.3 is 10.8 Å². The summed E-state index contributed by atoms with van der Waals surface area (Å²) in [5.41, 5.74) is 3.01. The van der Waals surface area contributed by atoms with Crippen LogP contribution in [0.4, 0.5) is 14.5 Å². The van der Waals surface area contributed by atoms with E-state index in [1.54, 1.807) is 0 Å². The van der Waals surface area contributed by atoms with Crippen LogP contribution in [-0.4, -0.2) is 16.1 Å². The van der Waals surface area contributed by atoms with Crippen LogP contribution in [-0.2, 0) is 0 Å². The number of carboxylic acid groups (broad SMARTS) is 1. The van der Waals surface area contributed by atoms with Gasteiger partial charge in [0.2, 0.25) is 0 Å². The van der Waals surface area contributed by atoms with E-state index < -0.39 is 35.0 Å². The van der Waals surface area contributed by atoms with Crippen molar-refractivity contribution in [1.29, 1.82) is 5.26 Å². The maximum absolute atomic E-state index is 12.3. The molecule has 0 amide bonds. The summed E-state index contributed by atoms with van der Waals surface area (Å²) in [7, 11) is 0. The van der Waals surface area contributed by atoms with Gasteiger partial charge in [0.05, 0.1) is 11.3 Å². The van der Waals surface area contributed by atoms with E-state index in [1.807, 2.05) is 0 Å². The Morgan fingerprint density at radius 2 is 2.27 bits per heavy atom. The van der Waals surface area contributed by atoms with Crippen molar-refractivity contribution in [2.45, 2.75) is 6.43 Å². The smallest absolute Gasteiger partial charge is 0.337 e. The number of hydrogen-bond acceptors (Lipinski definition) is 4. The van der Waals surface area contributed by atoms with Crippen molar-refractivity contribution in [3.63, 3.8) is 0 Å². The Morgan fingerprint density at radius 3 is 2.67 bits per heavy atom. The molecule has 0 radical (unpaired) electrons. The van der Waals surface area contributed by atoms with Gasteiger partial charge in [-0.05, 0) is 6.07 Å². The van der Waals surface area contributed by atoms with Gasteiger partial charge in [0.25, 0.3) is 6.43 Å². The highest BCUT2D eigenvalue weighted by Gasteiger charge is 2.19. The van der Waals surface area contributed by atoms with Crippen LogP contribution in [0.25, 0.3) is 0 Å². The van der Waals surface area contributed by atoms with Crippen molar-refractivity contribution in [2.24, 2.45) is 0 Å². The van der Waals surface area contributed by atoms with Crippen molar-refractivity contribution in [3.05, 3.63) is 23.0 Å². The van der Waals surface area contributed by atoms with Crippen molar-refractivity contribution in [1.82, 2.24) is 4.98 Å². The van der Waals surface area contributed by atoms with Crippen LogP contribution in [0.15, 0.2) is 6.07 Å². The third-order valence-electron chi connectivity index (χ3n) is 1.64. The number of nitrogen functional groups attached to an aromatic ring is 1. The first-order valence-corrected chi connectivity index (χ1v) is 3.69. The van der Waals surface area contributed by atoms with E-state index in [2.05, 4.69) is 4.98 Å². The molecular formula is C8H5F2N3O2. The van der Waals surface area contributed by atoms with Crippen molar-refractivity contribution in [3.8, 4) is 6.07 Å². The summed E-state index contributed by atoms with van der Waals surface area (Å²) in [5, 5.41) is 17.1. The van der Waals surface area contributed by atoms with E-state index in [9.17, 15) is 13.6 Å². The topological polar surface area (TPSA) is 100 Å². The number of hydrogen-bond donors (Lipinski definition) is 2. The molecule has 78 valence electrons. The number of nitrogens with two attached hydrogens (primary N) is 1. The van der Waals surface area contributed by atoms with Crippen LogP contribution < -0.4 is 5.73 Å². The normalized spacial score (nSPS) is 10.0. The second-order valence-electron chi connectivity index (χ2n) is 2.57. The predicted molar refractivity (Wildman–Crippen MR) is 45.3 cm³/mol. The number of rotatable bonds is 2. The molecule has 0 unspecified atom stereocenters. The molecule has 0 aliphatic rings. The van der Waals surface area contributed by atoms with Crippen LogP contribution in [0, 0.1) is 11.3 Å². The Bertz CT molecular complexity index is 454. The fraction of sp³-hybridized carbons (Fsp3) is 0.125. The predicted octanol–water partition coefficient (Wildman–Crippen LogP) is 1.17. The quantitative estimate of drug-likeness (QED) is 0.767. The minimum Gasteiger partial charge on any atom is -0.478 e. The van der Waals surface area contributed by atoms with Crippen LogP contribution >= 0.6 is 0 Å². The van der Waals surface area contributed by atoms with Gasteiger partial charge in [-0.2, -0.15) is 5.26 Å². The minimum absolute atomic E-state index is 0.408. The monoisotopic (exact) mass is 213 g/mol. The van der Waals surface area contributed by atoms with Gasteiger partial charge in [-0.3, -0.25) is 0 Å². The molecule has 1 aromatic rings. The molecule has 0 aromatic carbocycles. The molecule has 0 atom stereocenters. The molecule has 0 aliphatic carbocycles. The largest absolute Gasteiger partial charge is 0.478 e. The summed E-state index contributed by atoms with van der Waals surface area (Å²) in [5.74, 6) is -1.48. The Hall–Kier alpha value is -2.23. The Kier molecular flexibility index (Phi) is 2.80. The lowest BCUT2D eigenvalue weighted by Crippen LogP contribution is -2.08. The second-order valence-corrected chi connectivity index (χ2v) is 2.57. The molecule has 1 rings (SSSR count). The van der Waals surface area contributed by atoms with Crippen LogP contribution in [0.5, 0.6) is 0 Å². The number of anilines is 1. The van der Waals surface area contributed by atoms with Crippen LogP contribution in [0.2, 0.25) is 0 Å². The summed E-state index contributed by atoms with van der Waals surface area (Å²) in [4.78, 5) is 13.8. The van der Waals surface area contributed by atoms with Crippen molar-refractivity contribution < 1.29 is 18.7 Å². The molecule has 7 heteroatoms. The summed E-state index contributed by atoms with van der Waals surface area (Å²) in [6, 6.07) is 2.11. The molecule has 15 heavy (non-hydrogen) atoms. The van der Waals surface area contributed by atoms with Gasteiger partial charge >= 0.3 is 5.97 Å². The number of pyridine rings is 1. The number of carboxylic acids is 1. The van der Waals surface area contributed by atoms with Gasteiger partial charge in [0, 0.05) is 0 Å². The number of halogens is 2. The molecule has 1 aromatic heterocycles. The molecule has 0 spiro atoms. The highest BCUT2D eigenvalue weighted by molar-refractivity contribution is 5.94.